The predicted molar refractivity (Wildman–Crippen MR) is 99.4 cm³/mol. The third-order valence-corrected chi connectivity index (χ3v) is 6.17. The maximum absolute atomic E-state index is 13.2. The molecular weight excluding hydrogens is 333 g/mol. The van der Waals surface area contributed by atoms with Gasteiger partial charge in [0.1, 0.15) is 0 Å². The Kier molecular flexibility index (Phi) is 8.12. The summed E-state index contributed by atoms with van der Waals surface area (Å²) in [5.41, 5.74) is 6.03. The van der Waals surface area contributed by atoms with Crippen LogP contribution in [0, 0.1) is 11.8 Å². The van der Waals surface area contributed by atoms with E-state index in [4.69, 9.17) is 5.73 Å². The molecule has 1 saturated heterocycles. The zero-order valence-electron chi connectivity index (χ0n) is 14.3. The summed E-state index contributed by atoms with van der Waals surface area (Å²) < 4.78 is 0. The molecular formula is C17H33Cl2N3O. The number of nitrogens with two attached hydrogens (primary N) is 1. The lowest BCUT2D eigenvalue weighted by molar-refractivity contribution is -0.149. The minimum atomic E-state index is 0. The Morgan fingerprint density at radius 1 is 1.09 bits per heavy atom. The number of piperazine rings is 1. The third-order valence-electron chi connectivity index (χ3n) is 6.17. The van der Waals surface area contributed by atoms with Crippen molar-refractivity contribution in [2.75, 3.05) is 33.2 Å². The number of hydrogen-bond donors (Lipinski definition) is 1. The second-order valence-corrected chi connectivity index (χ2v) is 7.55. The molecule has 4 nitrogen and oxygen atoms in total. The molecule has 3 rings (SSSR count). The molecule has 1 spiro atoms. The quantitative estimate of drug-likeness (QED) is 0.818. The van der Waals surface area contributed by atoms with Gasteiger partial charge < -0.3 is 15.5 Å². The van der Waals surface area contributed by atoms with Crippen LogP contribution in [0.2, 0.25) is 0 Å². The Morgan fingerprint density at radius 2 is 1.78 bits per heavy atom. The van der Waals surface area contributed by atoms with E-state index < -0.39 is 0 Å². The van der Waals surface area contributed by atoms with Crippen molar-refractivity contribution in [2.45, 2.75) is 56.9 Å². The van der Waals surface area contributed by atoms with Crippen LogP contribution in [0.3, 0.4) is 0 Å². The zero-order valence-corrected chi connectivity index (χ0v) is 16.0. The standard InChI is InChI=1S/C17H31N3O.2ClH/c1-19-10-11-20(17(13-19)8-3-2-4-9-17)16(21)15-7-5-6-14(15)12-18;;/h14-15H,2-13,18H2,1H3;2*1H/t14-,15-;;/m1../s1. The van der Waals surface area contributed by atoms with Crippen LogP contribution in [-0.4, -0.2) is 54.5 Å². The first-order valence-electron chi connectivity index (χ1n) is 8.86. The normalized spacial score (nSPS) is 30.6. The maximum Gasteiger partial charge on any atom is 0.226 e. The van der Waals surface area contributed by atoms with E-state index in [1.807, 2.05) is 0 Å². The molecule has 6 heteroatoms. The molecule has 3 aliphatic rings. The van der Waals surface area contributed by atoms with Crippen LogP contribution in [0.25, 0.3) is 0 Å². The minimum absolute atomic E-state index is 0. The number of likely N-dealkylation sites (N-methyl/N-ethyl adjacent to an activating group) is 1. The molecule has 0 aromatic heterocycles. The van der Waals surface area contributed by atoms with Gasteiger partial charge in [0.15, 0.2) is 0 Å². The summed E-state index contributed by atoms with van der Waals surface area (Å²) in [5, 5.41) is 0. The molecule has 23 heavy (non-hydrogen) atoms. The molecule has 0 radical (unpaired) electrons. The summed E-state index contributed by atoms with van der Waals surface area (Å²) in [6.45, 7) is 3.69. The van der Waals surface area contributed by atoms with Crippen molar-refractivity contribution in [3.8, 4) is 0 Å². The van der Waals surface area contributed by atoms with Crippen LogP contribution >= 0.6 is 24.8 Å². The second kappa shape index (κ2) is 8.89. The van der Waals surface area contributed by atoms with Crippen molar-refractivity contribution < 1.29 is 4.79 Å². The lowest BCUT2D eigenvalue weighted by Crippen LogP contribution is -2.65. The second-order valence-electron chi connectivity index (χ2n) is 7.55. The van der Waals surface area contributed by atoms with Crippen LogP contribution in [0.4, 0.5) is 0 Å². The predicted octanol–water partition coefficient (Wildman–Crippen LogP) is 2.68. The van der Waals surface area contributed by atoms with E-state index in [9.17, 15) is 4.79 Å². The number of amides is 1. The lowest BCUT2D eigenvalue weighted by atomic mass is 9.77. The van der Waals surface area contributed by atoms with Gasteiger partial charge >= 0.3 is 0 Å². The number of hydrogen-bond acceptors (Lipinski definition) is 3. The highest BCUT2D eigenvalue weighted by Crippen LogP contribution is 2.40. The SMILES string of the molecule is CN1CCN(C(=O)[C@@H]2CCC[C@@H]2CN)C2(CCCCC2)C1.Cl.Cl. The fraction of sp³-hybridized carbons (Fsp3) is 0.941. The van der Waals surface area contributed by atoms with Gasteiger partial charge in [-0.25, -0.2) is 0 Å². The van der Waals surface area contributed by atoms with E-state index in [2.05, 4.69) is 16.8 Å². The van der Waals surface area contributed by atoms with Crippen molar-refractivity contribution in [1.29, 1.82) is 0 Å². The molecule has 0 aromatic carbocycles. The van der Waals surface area contributed by atoms with E-state index in [1.54, 1.807) is 0 Å². The van der Waals surface area contributed by atoms with Gasteiger partial charge in [0.05, 0.1) is 5.54 Å². The Morgan fingerprint density at radius 3 is 2.43 bits per heavy atom. The van der Waals surface area contributed by atoms with Gasteiger partial charge in [0.2, 0.25) is 5.91 Å². The van der Waals surface area contributed by atoms with E-state index in [0.29, 0.717) is 18.4 Å². The maximum atomic E-state index is 13.2. The fourth-order valence-corrected chi connectivity index (χ4v) is 5.00. The Labute approximate surface area is 153 Å². The van der Waals surface area contributed by atoms with Gasteiger partial charge in [-0.2, -0.15) is 0 Å². The monoisotopic (exact) mass is 365 g/mol. The minimum Gasteiger partial charge on any atom is -0.334 e. The average Bonchev–Trinajstić information content (AvgIpc) is 2.96. The molecule has 0 unspecified atom stereocenters. The van der Waals surface area contributed by atoms with Gasteiger partial charge in [-0.05, 0) is 45.2 Å². The number of nitrogens with zero attached hydrogens (tertiary/aromatic N) is 2. The van der Waals surface area contributed by atoms with Gasteiger partial charge in [-0.1, -0.05) is 25.7 Å². The molecule has 3 fully saturated rings. The van der Waals surface area contributed by atoms with Crippen molar-refractivity contribution in [1.82, 2.24) is 9.80 Å². The summed E-state index contributed by atoms with van der Waals surface area (Å²) in [7, 11) is 2.20. The molecule has 2 atom stereocenters. The van der Waals surface area contributed by atoms with E-state index in [-0.39, 0.29) is 36.3 Å². The van der Waals surface area contributed by atoms with Crippen LogP contribution in [0.1, 0.15) is 51.4 Å². The van der Waals surface area contributed by atoms with Crippen molar-refractivity contribution in [3.05, 3.63) is 0 Å². The molecule has 1 aliphatic heterocycles. The highest BCUT2D eigenvalue weighted by atomic mass is 35.5. The highest BCUT2D eigenvalue weighted by molar-refractivity contribution is 5.85. The molecule has 0 bridgehead atoms. The van der Waals surface area contributed by atoms with E-state index in [1.165, 1.54) is 38.5 Å². The first kappa shape index (κ1) is 21.0. The Hall–Kier alpha value is -0.0300. The first-order chi connectivity index (χ1) is 10.2. The van der Waals surface area contributed by atoms with Gasteiger partial charge in [0, 0.05) is 25.6 Å². The molecule has 2 N–H and O–H groups in total. The summed E-state index contributed by atoms with van der Waals surface area (Å²) in [5.74, 6) is 1.06. The number of carbonyl (C=O) groups is 1. The van der Waals surface area contributed by atoms with Crippen LogP contribution < -0.4 is 5.73 Å². The summed E-state index contributed by atoms with van der Waals surface area (Å²) >= 11 is 0. The summed E-state index contributed by atoms with van der Waals surface area (Å²) in [6.07, 6.45) is 9.68. The molecule has 1 heterocycles. The summed E-state index contributed by atoms with van der Waals surface area (Å²) in [6, 6.07) is 0. The Balaban J connectivity index is 0.00000132. The van der Waals surface area contributed by atoms with Crippen molar-refractivity contribution in [2.24, 2.45) is 17.6 Å². The summed E-state index contributed by atoms with van der Waals surface area (Å²) in [4.78, 5) is 17.9. The number of halogens is 2. The van der Waals surface area contributed by atoms with E-state index in [0.717, 1.165) is 32.5 Å². The van der Waals surface area contributed by atoms with E-state index >= 15 is 0 Å². The molecule has 2 saturated carbocycles. The largest absolute Gasteiger partial charge is 0.334 e. The smallest absolute Gasteiger partial charge is 0.226 e. The number of carbonyl (C=O) groups excluding carboxylic acids is 1. The third kappa shape index (κ3) is 4.15. The lowest BCUT2D eigenvalue weighted by Gasteiger charge is -2.53. The van der Waals surface area contributed by atoms with Gasteiger partial charge in [-0.15, -0.1) is 24.8 Å². The Bertz CT molecular complexity index is 388. The average molecular weight is 366 g/mol. The zero-order chi connectivity index (χ0) is 14.9. The van der Waals surface area contributed by atoms with Crippen molar-refractivity contribution >= 4 is 30.7 Å². The van der Waals surface area contributed by atoms with Gasteiger partial charge in [0.25, 0.3) is 0 Å². The highest BCUT2D eigenvalue weighted by Gasteiger charge is 2.46. The van der Waals surface area contributed by atoms with Crippen molar-refractivity contribution in [3.63, 3.8) is 0 Å². The number of rotatable bonds is 2. The molecule has 0 aromatic rings. The van der Waals surface area contributed by atoms with Gasteiger partial charge in [-0.3, -0.25) is 4.79 Å². The molecule has 1 amide bonds. The molecule has 136 valence electrons. The topological polar surface area (TPSA) is 49.6 Å². The molecule has 2 aliphatic carbocycles. The van der Waals surface area contributed by atoms with Crippen LogP contribution in [-0.2, 0) is 4.79 Å². The van der Waals surface area contributed by atoms with Crippen LogP contribution in [0.5, 0.6) is 0 Å². The first-order valence-corrected chi connectivity index (χ1v) is 8.86. The fourth-order valence-electron chi connectivity index (χ4n) is 5.00. The van der Waals surface area contributed by atoms with Crippen LogP contribution in [0.15, 0.2) is 0 Å².